The first-order valence-electron chi connectivity index (χ1n) is 16.9. The highest BCUT2D eigenvalue weighted by atomic mass is 19.1. The molecule has 2 saturated heterocycles. The summed E-state index contributed by atoms with van der Waals surface area (Å²) < 4.78 is 29.1. The molecule has 0 spiro atoms. The van der Waals surface area contributed by atoms with Crippen LogP contribution in [0.25, 0.3) is 32.9 Å². The summed E-state index contributed by atoms with van der Waals surface area (Å²) in [6.45, 7) is 3.75. The Kier molecular flexibility index (Phi) is 8.03. The highest BCUT2D eigenvalue weighted by molar-refractivity contribution is 6.02. The van der Waals surface area contributed by atoms with Crippen molar-refractivity contribution in [1.29, 1.82) is 0 Å². The zero-order valence-electron chi connectivity index (χ0n) is 26.8. The highest BCUT2D eigenvalue weighted by Crippen LogP contribution is 2.40. The van der Waals surface area contributed by atoms with Gasteiger partial charge in [0.1, 0.15) is 23.6 Å². The molecule has 0 aliphatic carbocycles. The minimum atomic E-state index is -0.534. The SMILES string of the molecule is N/C=C\C1=NCC2CN(C1)c1nc(OCC34CCCN3CCC4)nc3c(F)c(ncc13)-c1cccc3cccc(c13)CCCOC(=O)N2. The Hall–Kier alpha value is -4.84. The Morgan fingerprint density at radius 3 is 2.79 bits per heavy atom. The molecule has 1 amide bonds. The van der Waals surface area contributed by atoms with E-state index >= 15 is 4.39 Å². The van der Waals surface area contributed by atoms with Crippen molar-refractivity contribution in [3.63, 3.8) is 0 Å². The van der Waals surface area contributed by atoms with Crippen molar-refractivity contribution < 1.29 is 18.7 Å². The van der Waals surface area contributed by atoms with Gasteiger partial charge < -0.3 is 25.4 Å². The first-order chi connectivity index (χ1) is 23.5. The molecule has 7 heterocycles. The van der Waals surface area contributed by atoms with Gasteiger partial charge in [0, 0.05) is 18.3 Å². The van der Waals surface area contributed by atoms with E-state index in [4.69, 9.17) is 35.2 Å². The number of rotatable bonds is 4. The molecule has 2 aromatic heterocycles. The molecule has 248 valence electrons. The van der Waals surface area contributed by atoms with Crippen LogP contribution >= 0.6 is 0 Å². The van der Waals surface area contributed by atoms with E-state index in [9.17, 15) is 4.79 Å². The van der Waals surface area contributed by atoms with Crippen LogP contribution in [-0.2, 0) is 11.2 Å². The molecule has 2 aromatic carbocycles. The van der Waals surface area contributed by atoms with E-state index in [0.717, 1.165) is 55.1 Å². The summed E-state index contributed by atoms with van der Waals surface area (Å²) in [6.07, 6.45) is 9.90. The summed E-state index contributed by atoms with van der Waals surface area (Å²) in [7, 11) is 0. The topological polar surface area (TPSA) is 131 Å². The summed E-state index contributed by atoms with van der Waals surface area (Å²) in [6, 6.07) is 11.6. The fraction of sp³-hybridized carbons (Fsp3) is 0.417. The van der Waals surface area contributed by atoms with Gasteiger partial charge in [0.2, 0.25) is 0 Å². The van der Waals surface area contributed by atoms with E-state index in [1.165, 1.54) is 6.20 Å². The van der Waals surface area contributed by atoms with Crippen molar-refractivity contribution in [2.24, 2.45) is 10.7 Å². The van der Waals surface area contributed by atoms with Crippen LogP contribution in [0.5, 0.6) is 6.01 Å². The lowest BCUT2D eigenvalue weighted by Crippen LogP contribution is -2.45. The number of nitrogens with two attached hydrogens (primary N) is 1. The number of ether oxygens (including phenoxy) is 2. The number of hydrogen-bond acceptors (Lipinski definition) is 10. The van der Waals surface area contributed by atoms with Crippen LogP contribution in [0.1, 0.15) is 37.7 Å². The minimum Gasteiger partial charge on any atom is -0.461 e. The molecule has 2 fully saturated rings. The van der Waals surface area contributed by atoms with E-state index in [2.05, 4.69) is 10.2 Å². The fourth-order valence-electron chi connectivity index (χ4n) is 7.97. The lowest BCUT2D eigenvalue weighted by atomic mass is 9.94. The number of hydrogen-bond donors (Lipinski definition) is 2. The molecular formula is C36H39FN8O3. The molecule has 48 heavy (non-hydrogen) atoms. The van der Waals surface area contributed by atoms with Crippen LogP contribution in [0.15, 0.2) is 59.9 Å². The highest BCUT2D eigenvalue weighted by Gasteiger charge is 2.45. The quantitative estimate of drug-likeness (QED) is 0.321. The van der Waals surface area contributed by atoms with Gasteiger partial charge in [-0.25, -0.2) is 9.18 Å². The molecule has 5 aliphatic heterocycles. The third kappa shape index (κ3) is 5.57. The second-order valence-electron chi connectivity index (χ2n) is 13.2. The molecule has 12 heteroatoms. The van der Waals surface area contributed by atoms with Gasteiger partial charge >= 0.3 is 12.1 Å². The van der Waals surface area contributed by atoms with Gasteiger partial charge in [-0.15, -0.1) is 0 Å². The molecule has 5 aliphatic rings. The number of aryl methyl sites for hydroxylation is 1. The largest absolute Gasteiger partial charge is 0.461 e. The first kappa shape index (κ1) is 30.5. The lowest BCUT2D eigenvalue weighted by Gasteiger charge is -2.31. The van der Waals surface area contributed by atoms with Gasteiger partial charge in [0.15, 0.2) is 5.82 Å². The summed E-state index contributed by atoms with van der Waals surface area (Å²) in [5.41, 5.74) is 8.47. The second kappa shape index (κ2) is 12.6. The van der Waals surface area contributed by atoms with Crippen molar-refractivity contribution in [3.05, 3.63) is 66.3 Å². The number of fused-ring (bicyclic) bond motifs is 7. The Balaban J connectivity index is 1.31. The predicted molar refractivity (Wildman–Crippen MR) is 183 cm³/mol. The van der Waals surface area contributed by atoms with Gasteiger partial charge in [-0.3, -0.25) is 14.9 Å². The Morgan fingerprint density at radius 1 is 1.12 bits per heavy atom. The average molecular weight is 651 g/mol. The zero-order valence-corrected chi connectivity index (χ0v) is 26.8. The van der Waals surface area contributed by atoms with Crippen molar-refractivity contribution >= 4 is 39.3 Å². The number of aromatic nitrogens is 3. The minimum absolute atomic E-state index is 0.0459. The lowest BCUT2D eigenvalue weighted by molar-refractivity contribution is 0.108. The van der Waals surface area contributed by atoms with E-state index in [0.29, 0.717) is 61.6 Å². The van der Waals surface area contributed by atoms with Crippen LogP contribution in [0.3, 0.4) is 0 Å². The number of nitrogens with one attached hydrogen (secondary N) is 1. The number of pyridine rings is 1. The van der Waals surface area contributed by atoms with E-state index in [1.807, 2.05) is 41.3 Å². The third-order valence-electron chi connectivity index (χ3n) is 10.2. The summed E-state index contributed by atoms with van der Waals surface area (Å²) in [5.74, 6) is -0.0869. The number of amides is 1. The monoisotopic (exact) mass is 650 g/mol. The Labute approximate surface area is 278 Å². The van der Waals surface area contributed by atoms with Gasteiger partial charge in [0.25, 0.3) is 0 Å². The van der Waals surface area contributed by atoms with Crippen molar-refractivity contribution in [1.82, 2.24) is 25.2 Å². The van der Waals surface area contributed by atoms with Gasteiger partial charge in [-0.1, -0.05) is 36.4 Å². The molecule has 3 N–H and O–H groups in total. The maximum Gasteiger partial charge on any atom is 0.407 e. The summed E-state index contributed by atoms with van der Waals surface area (Å²) >= 11 is 0. The number of aliphatic imine (C=N–C) groups is 1. The fourth-order valence-corrected chi connectivity index (χ4v) is 7.97. The molecule has 11 nitrogen and oxygen atoms in total. The first-order valence-corrected chi connectivity index (χ1v) is 16.9. The maximum atomic E-state index is 17.1. The van der Waals surface area contributed by atoms with Crippen molar-refractivity contribution in [3.8, 4) is 17.3 Å². The predicted octanol–water partition coefficient (Wildman–Crippen LogP) is 4.77. The van der Waals surface area contributed by atoms with Crippen LogP contribution in [-0.4, -0.2) is 89.2 Å². The molecule has 1 atom stereocenters. The number of anilines is 1. The zero-order chi connectivity index (χ0) is 32.7. The van der Waals surface area contributed by atoms with Crippen molar-refractivity contribution in [2.45, 2.75) is 50.1 Å². The molecule has 6 bridgehead atoms. The molecule has 9 rings (SSSR count). The van der Waals surface area contributed by atoms with E-state index < -0.39 is 18.0 Å². The summed E-state index contributed by atoms with van der Waals surface area (Å²) in [4.78, 5) is 36.6. The van der Waals surface area contributed by atoms with Crippen LogP contribution in [0, 0.1) is 5.82 Å². The number of benzene rings is 2. The van der Waals surface area contributed by atoms with Gasteiger partial charge in [-0.05, 0) is 80.2 Å². The molecule has 4 aromatic rings. The molecular weight excluding hydrogens is 611 g/mol. The Morgan fingerprint density at radius 2 is 1.96 bits per heavy atom. The standard InChI is InChI=1S/C36H39FN8O3/c37-30-31-27-10-2-8-23-6-1-7-24(29(23)27)9-3-17-47-35(46)41-26-18-39-25(11-14-38)20-44(21-26)33-28(19-40-31)32(30)42-34(43-33)48-22-36-12-4-15-45(36)16-5-13-36/h1-2,6-8,10-11,14,19,26H,3-5,9,12-13,15-18,20-22,38H2,(H,41,46)/b14-11-. The second-order valence-corrected chi connectivity index (χ2v) is 13.2. The summed E-state index contributed by atoms with van der Waals surface area (Å²) in [5, 5.41) is 5.31. The number of halogens is 1. The normalized spacial score (nSPS) is 21.3. The van der Waals surface area contributed by atoms with Gasteiger partial charge in [-0.2, -0.15) is 9.97 Å². The smallest absolute Gasteiger partial charge is 0.407 e. The number of alkyl carbamates (subject to hydrolysis) is 1. The maximum absolute atomic E-state index is 17.1. The van der Waals surface area contributed by atoms with Crippen LogP contribution in [0.2, 0.25) is 0 Å². The Bertz CT molecular complexity index is 1930. The number of carbonyl (C=O) groups excluding carboxylic acids is 1. The van der Waals surface area contributed by atoms with Crippen LogP contribution in [0.4, 0.5) is 15.0 Å². The van der Waals surface area contributed by atoms with Crippen molar-refractivity contribution in [2.75, 3.05) is 50.8 Å². The number of carbonyl (C=O) groups is 1. The van der Waals surface area contributed by atoms with E-state index in [-0.39, 0.29) is 29.4 Å². The van der Waals surface area contributed by atoms with Crippen LogP contribution < -0.4 is 20.7 Å². The van der Waals surface area contributed by atoms with Gasteiger partial charge in [0.05, 0.1) is 42.4 Å². The molecule has 0 radical (unpaired) electrons. The number of nitrogens with zero attached hydrogens (tertiary/aromatic N) is 6. The molecule has 1 unspecified atom stereocenters. The molecule has 0 saturated carbocycles. The third-order valence-corrected chi connectivity index (χ3v) is 10.2. The average Bonchev–Trinajstić information content (AvgIpc) is 3.61. The van der Waals surface area contributed by atoms with E-state index in [1.54, 1.807) is 12.3 Å².